The van der Waals surface area contributed by atoms with Gasteiger partial charge in [0.05, 0.1) is 54.4 Å². The molecular formula is C76H117Cl2N3O17P2. The van der Waals surface area contributed by atoms with Crippen molar-refractivity contribution in [2.45, 2.75) is 259 Å². The summed E-state index contributed by atoms with van der Waals surface area (Å²) in [6, 6.07) is 34.4. The molecule has 20 nitrogen and oxygen atoms in total. The molecule has 0 saturated heterocycles. The summed E-state index contributed by atoms with van der Waals surface area (Å²) in [5, 5.41) is 41.9. The number of halogens is 2. The minimum atomic E-state index is -4.44. The first-order valence-electron chi connectivity index (χ1n) is 36.7. The number of nitro benzene ring substituents is 3. The Morgan fingerprint density at radius 2 is 0.650 bits per heavy atom. The van der Waals surface area contributed by atoms with Crippen LogP contribution in [0, 0.1) is 30.3 Å². The van der Waals surface area contributed by atoms with Crippen molar-refractivity contribution in [3.05, 3.63) is 175 Å². The first kappa shape index (κ1) is 90.6. The van der Waals surface area contributed by atoms with Crippen LogP contribution in [0.2, 0.25) is 0 Å². The lowest BCUT2D eigenvalue weighted by molar-refractivity contribution is -0.385. The van der Waals surface area contributed by atoms with Crippen LogP contribution in [0.3, 0.4) is 0 Å². The molecule has 0 heterocycles. The molecule has 0 radical (unpaired) electrons. The van der Waals surface area contributed by atoms with E-state index < -0.39 is 34.8 Å². The number of phosphoric acid groups is 1. The van der Waals surface area contributed by atoms with Gasteiger partial charge in [0.25, 0.3) is 17.1 Å². The van der Waals surface area contributed by atoms with Crippen LogP contribution in [-0.2, 0) is 45.8 Å². The van der Waals surface area contributed by atoms with Crippen molar-refractivity contribution >= 4 is 53.4 Å². The maximum atomic E-state index is 14.0. The first-order chi connectivity index (χ1) is 48.5. The second-order valence-electron chi connectivity index (χ2n) is 24.5. The molecule has 5 aromatic carbocycles. The van der Waals surface area contributed by atoms with E-state index >= 15 is 0 Å². The average molecular weight is 1480 g/mol. The van der Waals surface area contributed by atoms with E-state index in [1.54, 1.807) is 0 Å². The van der Waals surface area contributed by atoms with E-state index in [4.69, 9.17) is 55.0 Å². The summed E-state index contributed by atoms with van der Waals surface area (Å²) in [7, 11) is -4.44. The fourth-order valence-electron chi connectivity index (χ4n) is 10.3. The monoisotopic (exact) mass is 1480 g/mol. The fraction of sp³-hybridized carbons (Fsp3) is 0.605. The molecule has 1 N–H and O–H groups in total. The molecule has 0 bridgehead atoms. The number of phosphoric ester groups is 1. The Kier molecular flexibility index (Phi) is 54.3. The Morgan fingerprint density at radius 3 is 0.930 bits per heavy atom. The zero-order valence-corrected chi connectivity index (χ0v) is 63.4. The van der Waals surface area contributed by atoms with Gasteiger partial charge in [-0.15, -0.1) is 0 Å². The van der Waals surface area contributed by atoms with Crippen molar-refractivity contribution in [2.75, 3.05) is 39.6 Å². The molecule has 0 amide bonds. The van der Waals surface area contributed by atoms with E-state index in [1.165, 1.54) is 259 Å². The summed E-state index contributed by atoms with van der Waals surface area (Å²) in [4.78, 5) is 30.8. The Hall–Kier alpha value is -5.50. The zero-order valence-electron chi connectivity index (χ0n) is 60.1. The van der Waals surface area contributed by atoms with E-state index in [1.807, 2.05) is 74.5 Å². The van der Waals surface area contributed by atoms with Gasteiger partial charge in [-0.05, 0) is 60.4 Å². The molecule has 0 spiro atoms. The maximum Gasteiger partial charge on any atom is 0.587 e. The third-order valence-electron chi connectivity index (χ3n) is 16.0. The van der Waals surface area contributed by atoms with Crippen LogP contribution in [0.1, 0.15) is 244 Å². The van der Waals surface area contributed by atoms with Crippen LogP contribution in [0.5, 0.6) is 17.2 Å². The summed E-state index contributed by atoms with van der Waals surface area (Å²) < 4.78 is 69.9. The third kappa shape index (κ3) is 49.2. The minimum absolute atomic E-state index is 0.00217. The van der Waals surface area contributed by atoms with E-state index in [0.29, 0.717) is 19.8 Å². The summed E-state index contributed by atoms with van der Waals surface area (Å²) in [6.07, 6.45) is 38.2. The zero-order chi connectivity index (χ0) is 73.0. The lowest BCUT2D eigenvalue weighted by Gasteiger charge is -2.23. The van der Waals surface area contributed by atoms with Crippen molar-refractivity contribution < 1.29 is 66.0 Å². The van der Waals surface area contributed by atoms with Gasteiger partial charge in [-0.2, -0.15) is 0 Å². The molecular weight excluding hydrogens is 1360 g/mol. The SMILES string of the molecule is CC.CCCCCCCCCCCCCCCCCCOC[C@H](CO)OCc1ccccc1.CCCCCCCCCCCCCCCCCCOC[C@H](COP(=O)(Oc1ccc([N+](=O)[O-])cc1)Oc1ccc([N+](=O)[O-])cc1)OCc1ccccc1.O=[N+]([O-])c1ccc(OP(=O)(Cl)Cl)cc1. The van der Waals surface area contributed by atoms with Crippen LogP contribution in [-0.4, -0.2) is 71.7 Å². The van der Waals surface area contributed by atoms with Crippen LogP contribution in [0.4, 0.5) is 17.1 Å². The molecule has 0 saturated carbocycles. The topological polar surface area (TPSA) is 258 Å². The summed E-state index contributed by atoms with van der Waals surface area (Å²) in [5.41, 5.74) is 1.60. The van der Waals surface area contributed by atoms with Gasteiger partial charge < -0.3 is 37.6 Å². The van der Waals surface area contributed by atoms with Crippen molar-refractivity contribution in [3.63, 3.8) is 0 Å². The highest BCUT2D eigenvalue weighted by molar-refractivity contribution is 8.05. The molecule has 0 unspecified atom stereocenters. The van der Waals surface area contributed by atoms with Crippen LogP contribution >= 0.6 is 36.4 Å². The van der Waals surface area contributed by atoms with E-state index in [2.05, 4.69) is 18.4 Å². The van der Waals surface area contributed by atoms with Crippen LogP contribution < -0.4 is 13.6 Å². The van der Waals surface area contributed by atoms with Gasteiger partial charge in [0, 0.05) is 72.1 Å². The van der Waals surface area contributed by atoms with Gasteiger partial charge in [-0.3, -0.25) is 34.9 Å². The molecule has 0 aliphatic heterocycles. The molecule has 2 atom stereocenters. The predicted octanol–water partition coefficient (Wildman–Crippen LogP) is 24.4. The first-order valence-corrected chi connectivity index (χ1v) is 41.6. The second-order valence-corrected chi connectivity index (χ2v) is 30.2. The van der Waals surface area contributed by atoms with Gasteiger partial charge in [-0.1, -0.05) is 281 Å². The largest absolute Gasteiger partial charge is 0.587 e. The van der Waals surface area contributed by atoms with E-state index in [0.717, 1.165) is 37.0 Å². The number of non-ortho nitro benzene ring substituents is 3. The smallest absolute Gasteiger partial charge is 0.422 e. The van der Waals surface area contributed by atoms with Gasteiger partial charge in [-0.25, -0.2) is 9.13 Å². The Labute approximate surface area is 606 Å². The van der Waals surface area contributed by atoms with Gasteiger partial charge >= 0.3 is 13.9 Å². The normalized spacial score (nSPS) is 11.8. The number of benzene rings is 5. The van der Waals surface area contributed by atoms with Crippen LogP contribution in [0.15, 0.2) is 133 Å². The highest BCUT2D eigenvalue weighted by Crippen LogP contribution is 2.57. The van der Waals surface area contributed by atoms with Gasteiger partial charge in [0.15, 0.2) is 0 Å². The van der Waals surface area contributed by atoms with Crippen molar-refractivity contribution in [1.82, 2.24) is 0 Å². The molecule has 0 aliphatic carbocycles. The molecule has 562 valence electrons. The number of nitrogens with zero attached hydrogens (tertiary/aromatic N) is 3. The predicted molar refractivity (Wildman–Crippen MR) is 403 cm³/mol. The van der Waals surface area contributed by atoms with Crippen molar-refractivity contribution in [2.24, 2.45) is 0 Å². The molecule has 0 aromatic heterocycles. The Morgan fingerprint density at radius 1 is 0.380 bits per heavy atom. The fourth-order valence-corrected chi connectivity index (χ4v) is 12.4. The highest BCUT2D eigenvalue weighted by Gasteiger charge is 2.33. The van der Waals surface area contributed by atoms with Crippen LogP contribution in [0.25, 0.3) is 0 Å². The Balaban J connectivity index is 0.000000603. The van der Waals surface area contributed by atoms with Crippen molar-refractivity contribution in [3.8, 4) is 17.2 Å². The maximum absolute atomic E-state index is 14.0. The molecule has 0 aliphatic rings. The minimum Gasteiger partial charge on any atom is -0.422 e. The standard InChI is InChI=1S/C40H57N2O10P.C28H50O3.C6H4Cl2NO4P.C2H6/c1-2-3-4-5-6-7-8-9-10-11-12-13-14-15-16-20-31-48-33-40(49-32-35-21-18-17-19-22-35)34-50-53(47,51-38-27-23-36(24-28-38)41(43)44)52-39-29-25-37(26-30-39)42(45)46;1-2-3-4-5-6-7-8-9-10-11-12-13-14-15-16-20-23-30-26-28(24-29)31-25-27-21-18-17-19-22-27;7-14(8,12)13-6-3-1-5(2-4-6)9(10)11;1-2/h17-19,21-30,40H,2-16,20,31-34H2,1H3;17-19,21-22,28-29H,2-16,20,23-26H2,1H3;1-4H;1-2H3/t40-;28-;;/m10../s1. The third-order valence-corrected chi connectivity index (χ3v) is 18.1. The molecule has 100 heavy (non-hydrogen) atoms. The molecule has 5 rings (SSSR count). The molecule has 24 heteroatoms. The molecule has 0 fully saturated rings. The number of hydrogen-bond acceptors (Lipinski definition) is 17. The highest BCUT2D eigenvalue weighted by atomic mass is 35.9. The lowest BCUT2D eigenvalue weighted by Crippen LogP contribution is -2.26. The second kappa shape index (κ2) is 60.0. The van der Waals surface area contributed by atoms with Gasteiger partial charge in [0.2, 0.25) is 0 Å². The molecule has 5 aromatic rings. The average Bonchev–Trinajstić information content (AvgIpc) is 0.837. The van der Waals surface area contributed by atoms with Crippen molar-refractivity contribution in [1.29, 1.82) is 0 Å². The number of aliphatic hydroxyl groups excluding tert-OH is 1. The quantitative estimate of drug-likeness (QED) is 0.0164. The summed E-state index contributed by atoms with van der Waals surface area (Å²) >= 11 is 10.3. The summed E-state index contributed by atoms with van der Waals surface area (Å²) in [5.74, 6) is 0.119. The number of aliphatic hydroxyl groups is 1. The lowest BCUT2D eigenvalue weighted by atomic mass is 10.0. The Bertz CT molecular complexity index is 2820. The van der Waals surface area contributed by atoms with E-state index in [-0.39, 0.29) is 66.8 Å². The number of rotatable bonds is 57. The number of unbranched alkanes of at least 4 members (excludes halogenated alkanes) is 30. The van der Waals surface area contributed by atoms with E-state index in [9.17, 15) is 44.6 Å². The number of hydrogen-bond donors (Lipinski definition) is 1. The van der Waals surface area contributed by atoms with Gasteiger partial charge in [0.1, 0.15) is 29.5 Å². The number of ether oxygens (including phenoxy) is 4. The summed E-state index contributed by atoms with van der Waals surface area (Å²) in [6.45, 7) is 11.1. The number of nitro groups is 3.